The molecule has 1 atom stereocenters. The summed E-state index contributed by atoms with van der Waals surface area (Å²) in [5.41, 5.74) is 5.37. The number of primary amides is 1. The van der Waals surface area contributed by atoms with Crippen molar-refractivity contribution in [3.63, 3.8) is 0 Å². The SMILES string of the molecule is CC(O)(CC(=O)Nc1cccc(C(N)=O)c1)c1ccccc1. The van der Waals surface area contributed by atoms with Crippen LogP contribution in [0.5, 0.6) is 0 Å². The fourth-order valence-electron chi connectivity index (χ4n) is 2.17. The molecule has 0 saturated heterocycles. The molecule has 4 N–H and O–H groups in total. The molecular formula is C17H18N2O3. The number of anilines is 1. The molecule has 0 spiro atoms. The van der Waals surface area contributed by atoms with Gasteiger partial charge in [0, 0.05) is 11.3 Å². The Labute approximate surface area is 128 Å². The van der Waals surface area contributed by atoms with E-state index in [2.05, 4.69) is 5.32 Å². The van der Waals surface area contributed by atoms with Crippen molar-refractivity contribution in [3.05, 3.63) is 65.7 Å². The third-order valence-electron chi connectivity index (χ3n) is 3.33. The lowest BCUT2D eigenvalue weighted by Crippen LogP contribution is -2.28. The van der Waals surface area contributed by atoms with Crippen LogP contribution < -0.4 is 11.1 Å². The highest BCUT2D eigenvalue weighted by molar-refractivity contribution is 5.96. The van der Waals surface area contributed by atoms with Gasteiger partial charge in [-0.1, -0.05) is 36.4 Å². The van der Waals surface area contributed by atoms with Crippen LogP contribution in [0.2, 0.25) is 0 Å². The molecular weight excluding hydrogens is 280 g/mol. The monoisotopic (exact) mass is 298 g/mol. The minimum atomic E-state index is -1.27. The van der Waals surface area contributed by atoms with Crippen molar-refractivity contribution >= 4 is 17.5 Å². The second-order valence-electron chi connectivity index (χ2n) is 5.31. The Kier molecular flexibility index (Phi) is 4.58. The van der Waals surface area contributed by atoms with Gasteiger partial charge >= 0.3 is 0 Å². The van der Waals surface area contributed by atoms with E-state index in [0.717, 1.165) is 0 Å². The topological polar surface area (TPSA) is 92.4 Å². The highest BCUT2D eigenvalue weighted by Gasteiger charge is 2.26. The van der Waals surface area contributed by atoms with E-state index in [4.69, 9.17) is 5.73 Å². The van der Waals surface area contributed by atoms with E-state index in [0.29, 0.717) is 16.8 Å². The molecule has 2 aromatic carbocycles. The molecule has 0 aromatic heterocycles. The van der Waals surface area contributed by atoms with Crippen LogP contribution in [0.4, 0.5) is 5.69 Å². The fourth-order valence-corrected chi connectivity index (χ4v) is 2.17. The van der Waals surface area contributed by atoms with Gasteiger partial charge in [-0.15, -0.1) is 0 Å². The summed E-state index contributed by atoms with van der Waals surface area (Å²) in [6.45, 7) is 1.59. The van der Waals surface area contributed by atoms with Crippen LogP contribution in [0.25, 0.3) is 0 Å². The third kappa shape index (κ3) is 3.93. The number of hydrogen-bond donors (Lipinski definition) is 3. The van der Waals surface area contributed by atoms with Crippen LogP contribution in [-0.4, -0.2) is 16.9 Å². The normalized spacial score (nSPS) is 13.2. The summed E-state index contributed by atoms with van der Waals surface area (Å²) in [6.07, 6.45) is -0.0994. The van der Waals surface area contributed by atoms with Gasteiger partial charge in [0.25, 0.3) is 0 Å². The molecule has 0 heterocycles. The summed E-state index contributed by atoms with van der Waals surface area (Å²) in [5, 5.41) is 13.1. The molecule has 5 heteroatoms. The Balaban J connectivity index is 2.07. The predicted octanol–water partition coefficient (Wildman–Crippen LogP) is 2.02. The summed E-state index contributed by atoms with van der Waals surface area (Å²) in [7, 11) is 0. The molecule has 0 fully saturated rings. The maximum atomic E-state index is 12.1. The van der Waals surface area contributed by atoms with E-state index in [1.165, 1.54) is 6.07 Å². The van der Waals surface area contributed by atoms with Crippen LogP contribution in [0.3, 0.4) is 0 Å². The van der Waals surface area contributed by atoms with Crippen molar-refractivity contribution in [3.8, 4) is 0 Å². The second kappa shape index (κ2) is 6.41. The molecule has 2 amide bonds. The molecule has 0 bridgehead atoms. The number of nitrogens with two attached hydrogens (primary N) is 1. The van der Waals surface area contributed by atoms with Crippen LogP contribution in [-0.2, 0) is 10.4 Å². The Bertz CT molecular complexity index is 681. The first-order valence-corrected chi connectivity index (χ1v) is 6.86. The van der Waals surface area contributed by atoms with Crippen LogP contribution in [0.15, 0.2) is 54.6 Å². The fraction of sp³-hybridized carbons (Fsp3) is 0.176. The molecule has 0 saturated carbocycles. The average molecular weight is 298 g/mol. The maximum Gasteiger partial charge on any atom is 0.248 e. The third-order valence-corrected chi connectivity index (χ3v) is 3.33. The van der Waals surface area contributed by atoms with E-state index in [1.807, 2.05) is 6.07 Å². The Morgan fingerprint density at radius 1 is 1.14 bits per heavy atom. The van der Waals surface area contributed by atoms with E-state index in [9.17, 15) is 14.7 Å². The zero-order chi connectivity index (χ0) is 16.2. The largest absolute Gasteiger partial charge is 0.385 e. The number of benzene rings is 2. The quantitative estimate of drug-likeness (QED) is 0.788. The van der Waals surface area contributed by atoms with Gasteiger partial charge in [-0.05, 0) is 30.7 Å². The highest BCUT2D eigenvalue weighted by Crippen LogP contribution is 2.24. The number of nitrogens with one attached hydrogen (secondary N) is 1. The molecule has 114 valence electrons. The number of amides is 2. The number of carbonyl (C=O) groups excluding carboxylic acids is 2. The first kappa shape index (κ1) is 15.7. The summed E-state index contributed by atoms with van der Waals surface area (Å²) in [4.78, 5) is 23.2. The first-order valence-electron chi connectivity index (χ1n) is 6.86. The lowest BCUT2D eigenvalue weighted by atomic mass is 9.92. The average Bonchev–Trinajstić information content (AvgIpc) is 2.47. The van der Waals surface area contributed by atoms with Gasteiger partial charge in [-0.3, -0.25) is 9.59 Å². The summed E-state index contributed by atoms with van der Waals surface area (Å²) in [6, 6.07) is 15.3. The van der Waals surface area contributed by atoms with Crippen molar-refractivity contribution in [1.82, 2.24) is 0 Å². The van der Waals surface area contributed by atoms with Crippen molar-refractivity contribution in [2.45, 2.75) is 18.9 Å². The van der Waals surface area contributed by atoms with Gasteiger partial charge in [0.15, 0.2) is 0 Å². The lowest BCUT2D eigenvalue weighted by molar-refractivity contribution is -0.120. The molecule has 2 aromatic rings. The molecule has 0 radical (unpaired) electrons. The number of carbonyl (C=O) groups is 2. The van der Waals surface area contributed by atoms with Crippen LogP contribution in [0.1, 0.15) is 29.3 Å². The molecule has 0 aliphatic carbocycles. The lowest BCUT2D eigenvalue weighted by Gasteiger charge is -2.23. The Hall–Kier alpha value is -2.66. The van der Waals surface area contributed by atoms with Gasteiger partial charge in [0.05, 0.1) is 12.0 Å². The van der Waals surface area contributed by atoms with Gasteiger partial charge in [0.2, 0.25) is 11.8 Å². The summed E-state index contributed by atoms with van der Waals surface area (Å²) < 4.78 is 0. The van der Waals surface area contributed by atoms with Crippen LogP contribution in [0, 0.1) is 0 Å². The van der Waals surface area contributed by atoms with Gasteiger partial charge in [-0.25, -0.2) is 0 Å². The van der Waals surface area contributed by atoms with Gasteiger partial charge in [0.1, 0.15) is 0 Å². The zero-order valence-electron chi connectivity index (χ0n) is 12.2. The highest BCUT2D eigenvalue weighted by atomic mass is 16.3. The van der Waals surface area contributed by atoms with Crippen molar-refractivity contribution in [2.75, 3.05) is 5.32 Å². The molecule has 22 heavy (non-hydrogen) atoms. The predicted molar refractivity (Wildman–Crippen MR) is 84.2 cm³/mol. The molecule has 2 rings (SSSR count). The smallest absolute Gasteiger partial charge is 0.248 e. The number of aliphatic hydroxyl groups is 1. The Morgan fingerprint density at radius 2 is 1.82 bits per heavy atom. The van der Waals surface area contributed by atoms with E-state index >= 15 is 0 Å². The minimum absolute atomic E-state index is 0.0994. The first-order chi connectivity index (χ1) is 10.4. The van der Waals surface area contributed by atoms with E-state index < -0.39 is 11.5 Å². The molecule has 0 aliphatic heterocycles. The second-order valence-corrected chi connectivity index (χ2v) is 5.31. The van der Waals surface area contributed by atoms with Gasteiger partial charge < -0.3 is 16.2 Å². The van der Waals surface area contributed by atoms with E-state index in [-0.39, 0.29) is 12.3 Å². The van der Waals surface area contributed by atoms with Crippen molar-refractivity contribution in [2.24, 2.45) is 5.73 Å². The molecule has 0 aliphatic rings. The van der Waals surface area contributed by atoms with Gasteiger partial charge in [-0.2, -0.15) is 0 Å². The minimum Gasteiger partial charge on any atom is -0.385 e. The Morgan fingerprint density at radius 3 is 2.45 bits per heavy atom. The molecule has 1 unspecified atom stereocenters. The standard InChI is InChI=1S/C17H18N2O3/c1-17(22,13-7-3-2-4-8-13)11-15(20)19-14-9-5-6-12(10-14)16(18)21/h2-10,22H,11H2,1H3,(H2,18,21)(H,19,20). The molecule has 5 nitrogen and oxygen atoms in total. The maximum absolute atomic E-state index is 12.1. The summed E-state index contributed by atoms with van der Waals surface area (Å²) in [5.74, 6) is -0.914. The zero-order valence-corrected chi connectivity index (χ0v) is 12.2. The summed E-state index contributed by atoms with van der Waals surface area (Å²) >= 11 is 0. The van der Waals surface area contributed by atoms with Crippen molar-refractivity contribution in [1.29, 1.82) is 0 Å². The number of rotatable bonds is 5. The van der Waals surface area contributed by atoms with Crippen molar-refractivity contribution < 1.29 is 14.7 Å². The number of hydrogen-bond acceptors (Lipinski definition) is 3. The van der Waals surface area contributed by atoms with E-state index in [1.54, 1.807) is 49.4 Å². The van der Waals surface area contributed by atoms with Crippen LogP contribution >= 0.6 is 0 Å².